The third-order valence-electron chi connectivity index (χ3n) is 5.61. The van der Waals surface area contributed by atoms with Crippen LogP contribution >= 0.6 is 0 Å². The molecule has 2 heterocycles. The molecule has 1 saturated carbocycles. The fraction of sp³-hybridized carbons (Fsp3) is 0.273. The normalized spacial score (nSPS) is 14.6. The minimum atomic E-state index is -0.341. The van der Waals surface area contributed by atoms with Gasteiger partial charge in [-0.1, -0.05) is 6.42 Å². The number of nitrogens with zero attached hydrogens (tertiary/aromatic N) is 3. The third kappa shape index (κ3) is 3.68. The predicted octanol–water partition coefficient (Wildman–Crippen LogP) is 3.28. The molecule has 8 heteroatoms. The van der Waals surface area contributed by atoms with Gasteiger partial charge in [-0.25, -0.2) is 4.39 Å². The first-order valence-corrected chi connectivity index (χ1v) is 9.76. The van der Waals surface area contributed by atoms with Crippen molar-refractivity contribution in [3.05, 3.63) is 65.7 Å². The summed E-state index contributed by atoms with van der Waals surface area (Å²) in [4.78, 5) is 16.1. The van der Waals surface area contributed by atoms with Gasteiger partial charge in [-0.15, -0.1) is 10.2 Å². The average molecular weight is 407 g/mol. The Kier molecular flexibility index (Phi) is 5.31. The zero-order valence-electron chi connectivity index (χ0n) is 16.5. The van der Waals surface area contributed by atoms with Crippen LogP contribution in [0.25, 0.3) is 11.3 Å². The van der Waals surface area contributed by atoms with Crippen molar-refractivity contribution in [3.8, 4) is 17.0 Å². The molecule has 1 amide bonds. The van der Waals surface area contributed by atoms with Gasteiger partial charge in [0.1, 0.15) is 17.4 Å². The Labute approximate surface area is 173 Å². The number of anilines is 1. The van der Waals surface area contributed by atoms with Crippen molar-refractivity contribution in [2.45, 2.75) is 24.7 Å². The van der Waals surface area contributed by atoms with E-state index >= 15 is 0 Å². The van der Waals surface area contributed by atoms with Crippen molar-refractivity contribution >= 4 is 11.7 Å². The maximum absolute atomic E-state index is 14.3. The van der Waals surface area contributed by atoms with E-state index in [1.165, 1.54) is 18.2 Å². The number of nitrogens with one attached hydrogen (secondary N) is 2. The molecule has 0 radical (unpaired) electrons. The average Bonchev–Trinajstić information content (AvgIpc) is 2.74. The first-order chi connectivity index (χ1) is 14.5. The Morgan fingerprint density at radius 3 is 2.67 bits per heavy atom. The topological polar surface area (TPSA) is 100 Å². The van der Waals surface area contributed by atoms with Crippen molar-refractivity contribution in [1.29, 1.82) is 0 Å². The van der Waals surface area contributed by atoms with E-state index in [0.29, 0.717) is 34.9 Å². The van der Waals surface area contributed by atoms with Crippen LogP contribution in [-0.2, 0) is 5.41 Å². The van der Waals surface area contributed by atoms with Crippen LogP contribution in [0, 0.1) is 5.82 Å². The molecule has 1 fully saturated rings. The first kappa shape index (κ1) is 19.8. The van der Waals surface area contributed by atoms with E-state index in [9.17, 15) is 14.3 Å². The number of aromatic hydroxyl groups is 1. The van der Waals surface area contributed by atoms with E-state index in [-0.39, 0.29) is 22.9 Å². The second kappa shape index (κ2) is 8.06. The van der Waals surface area contributed by atoms with Crippen LogP contribution in [0.5, 0.6) is 5.75 Å². The predicted molar refractivity (Wildman–Crippen MR) is 111 cm³/mol. The minimum absolute atomic E-state index is 0.0108. The molecule has 0 atom stereocenters. The molecular formula is C22H22FN5O2. The van der Waals surface area contributed by atoms with Crippen LogP contribution in [0.4, 0.5) is 10.2 Å². The molecule has 1 aliphatic rings. The molecule has 3 N–H and O–H groups in total. The van der Waals surface area contributed by atoms with Gasteiger partial charge in [0, 0.05) is 36.3 Å². The van der Waals surface area contributed by atoms with E-state index < -0.39 is 0 Å². The number of carbonyl (C=O) groups is 1. The van der Waals surface area contributed by atoms with E-state index in [4.69, 9.17) is 0 Å². The van der Waals surface area contributed by atoms with Crippen molar-refractivity contribution < 1.29 is 14.3 Å². The van der Waals surface area contributed by atoms with Gasteiger partial charge in [-0.3, -0.25) is 9.78 Å². The molecule has 3 aromatic rings. The SMILES string of the molecule is CNC(=O)c1ccc(O)c(-c2ccc(NCC3(c4ncccc4F)CCC3)nn2)c1. The maximum atomic E-state index is 14.3. The molecule has 0 aliphatic heterocycles. The van der Waals surface area contributed by atoms with Crippen LogP contribution < -0.4 is 10.6 Å². The van der Waals surface area contributed by atoms with E-state index in [0.717, 1.165) is 19.3 Å². The zero-order chi connectivity index (χ0) is 21.1. The number of phenolic OH excluding ortho intramolecular Hbond substituents is 1. The Morgan fingerprint density at radius 2 is 2.03 bits per heavy atom. The lowest BCUT2D eigenvalue weighted by molar-refractivity contribution is 0.0963. The van der Waals surface area contributed by atoms with Gasteiger partial charge in [-0.05, 0) is 55.3 Å². The van der Waals surface area contributed by atoms with Crippen LogP contribution in [0.3, 0.4) is 0 Å². The van der Waals surface area contributed by atoms with Crippen molar-refractivity contribution in [2.24, 2.45) is 0 Å². The smallest absolute Gasteiger partial charge is 0.251 e. The Bertz CT molecular complexity index is 1070. The molecule has 0 saturated heterocycles. The number of pyridine rings is 1. The highest BCUT2D eigenvalue weighted by Gasteiger charge is 2.41. The minimum Gasteiger partial charge on any atom is -0.507 e. The monoisotopic (exact) mass is 407 g/mol. The largest absolute Gasteiger partial charge is 0.507 e. The molecule has 0 bridgehead atoms. The number of hydrogen-bond donors (Lipinski definition) is 3. The van der Waals surface area contributed by atoms with Gasteiger partial charge >= 0.3 is 0 Å². The summed E-state index contributed by atoms with van der Waals surface area (Å²) in [5, 5.41) is 24.3. The van der Waals surface area contributed by atoms with Crippen LogP contribution in [0.1, 0.15) is 35.3 Å². The lowest BCUT2D eigenvalue weighted by Crippen LogP contribution is -2.42. The lowest BCUT2D eigenvalue weighted by atomic mass is 9.66. The Morgan fingerprint density at radius 1 is 1.20 bits per heavy atom. The molecule has 1 aromatic carbocycles. The van der Waals surface area contributed by atoms with Crippen LogP contribution in [0.15, 0.2) is 48.7 Å². The zero-order valence-corrected chi connectivity index (χ0v) is 16.5. The maximum Gasteiger partial charge on any atom is 0.251 e. The number of benzene rings is 1. The third-order valence-corrected chi connectivity index (χ3v) is 5.61. The van der Waals surface area contributed by atoms with Gasteiger partial charge in [0.2, 0.25) is 0 Å². The van der Waals surface area contributed by atoms with E-state index in [2.05, 4.69) is 25.8 Å². The molecule has 2 aromatic heterocycles. The number of carbonyl (C=O) groups excluding carboxylic acids is 1. The first-order valence-electron chi connectivity index (χ1n) is 9.76. The highest BCUT2D eigenvalue weighted by atomic mass is 19.1. The Hall–Kier alpha value is -3.55. The molecule has 7 nitrogen and oxygen atoms in total. The molecule has 0 spiro atoms. The van der Waals surface area contributed by atoms with Gasteiger partial charge < -0.3 is 15.7 Å². The summed E-state index contributed by atoms with van der Waals surface area (Å²) in [5.74, 6) is 0.0157. The van der Waals surface area contributed by atoms with Crippen molar-refractivity contribution in [2.75, 3.05) is 18.9 Å². The quantitative estimate of drug-likeness (QED) is 0.580. The van der Waals surface area contributed by atoms with E-state index in [1.54, 1.807) is 37.5 Å². The highest BCUT2D eigenvalue weighted by molar-refractivity contribution is 5.95. The molecule has 30 heavy (non-hydrogen) atoms. The van der Waals surface area contributed by atoms with Gasteiger partial charge in [0.25, 0.3) is 5.91 Å². The molecule has 1 aliphatic carbocycles. The molecule has 4 rings (SSSR count). The van der Waals surface area contributed by atoms with Gasteiger partial charge in [0.15, 0.2) is 0 Å². The lowest BCUT2D eigenvalue weighted by Gasteiger charge is -2.41. The fourth-order valence-corrected chi connectivity index (χ4v) is 3.73. The summed E-state index contributed by atoms with van der Waals surface area (Å²) >= 11 is 0. The summed E-state index contributed by atoms with van der Waals surface area (Å²) in [6.07, 6.45) is 4.37. The summed E-state index contributed by atoms with van der Waals surface area (Å²) in [6.45, 7) is 0.506. The molecule has 154 valence electrons. The molecule has 0 unspecified atom stereocenters. The number of halogens is 1. The van der Waals surface area contributed by atoms with Crippen molar-refractivity contribution in [3.63, 3.8) is 0 Å². The fourth-order valence-electron chi connectivity index (χ4n) is 3.73. The van der Waals surface area contributed by atoms with Crippen LogP contribution in [0.2, 0.25) is 0 Å². The number of amides is 1. The standard InChI is InChI=1S/C22H22FN5O2/c1-24-21(30)14-5-7-18(29)15(12-14)17-6-8-19(28-27-17)26-13-22(9-3-10-22)20-16(23)4-2-11-25-20/h2,4-8,11-12,29H,3,9-10,13H2,1H3,(H,24,30)(H,26,28). The number of phenols is 1. The second-order valence-electron chi connectivity index (χ2n) is 7.44. The summed E-state index contributed by atoms with van der Waals surface area (Å²) < 4.78 is 14.3. The summed E-state index contributed by atoms with van der Waals surface area (Å²) in [7, 11) is 1.54. The van der Waals surface area contributed by atoms with Gasteiger partial charge in [0.05, 0.1) is 11.4 Å². The van der Waals surface area contributed by atoms with E-state index in [1.807, 2.05) is 0 Å². The number of rotatable bonds is 6. The van der Waals surface area contributed by atoms with Gasteiger partial charge in [-0.2, -0.15) is 0 Å². The summed E-state index contributed by atoms with van der Waals surface area (Å²) in [6, 6.07) is 11.1. The summed E-state index contributed by atoms with van der Waals surface area (Å²) in [5.41, 5.74) is 1.42. The Balaban J connectivity index is 1.51. The van der Waals surface area contributed by atoms with Crippen LogP contribution in [-0.4, -0.2) is 39.8 Å². The second-order valence-corrected chi connectivity index (χ2v) is 7.44. The van der Waals surface area contributed by atoms with Crippen molar-refractivity contribution in [1.82, 2.24) is 20.5 Å². The molecular weight excluding hydrogens is 385 g/mol. The number of aromatic nitrogens is 3. The highest BCUT2D eigenvalue weighted by Crippen LogP contribution is 2.43. The number of hydrogen-bond acceptors (Lipinski definition) is 6.